The maximum absolute atomic E-state index is 12.8. The molecule has 4 aromatic rings. The van der Waals surface area contributed by atoms with Crippen molar-refractivity contribution in [2.24, 2.45) is 0 Å². The van der Waals surface area contributed by atoms with E-state index >= 15 is 0 Å². The summed E-state index contributed by atoms with van der Waals surface area (Å²) in [5.41, 5.74) is 4.37. The van der Waals surface area contributed by atoms with Gasteiger partial charge in [0.1, 0.15) is 11.2 Å². The SMILES string of the molecule is Cc1cn2cccc(C(=O)Nc3cc4c(C)cc(=O)oc4cc3C)c2n1. The second kappa shape index (κ2) is 5.84. The van der Waals surface area contributed by atoms with E-state index in [1.165, 1.54) is 6.07 Å². The number of pyridine rings is 1. The fraction of sp³-hybridized carbons (Fsp3) is 0.150. The van der Waals surface area contributed by atoms with E-state index in [4.69, 9.17) is 4.42 Å². The zero-order valence-electron chi connectivity index (χ0n) is 14.7. The molecule has 0 radical (unpaired) electrons. The van der Waals surface area contributed by atoms with Crippen LogP contribution >= 0.6 is 0 Å². The zero-order valence-corrected chi connectivity index (χ0v) is 14.7. The van der Waals surface area contributed by atoms with Gasteiger partial charge in [0, 0.05) is 29.5 Å². The predicted molar refractivity (Wildman–Crippen MR) is 99.8 cm³/mol. The van der Waals surface area contributed by atoms with E-state index in [0.717, 1.165) is 22.2 Å². The third-order valence-corrected chi connectivity index (χ3v) is 4.39. The first-order chi connectivity index (χ1) is 12.4. The van der Waals surface area contributed by atoms with Gasteiger partial charge in [0.2, 0.25) is 0 Å². The van der Waals surface area contributed by atoms with Crippen LogP contribution in [0.25, 0.3) is 16.6 Å². The van der Waals surface area contributed by atoms with Crippen LogP contribution in [0.15, 0.2) is 51.9 Å². The van der Waals surface area contributed by atoms with Crippen molar-refractivity contribution in [1.82, 2.24) is 9.38 Å². The van der Waals surface area contributed by atoms with E-state index in [2.05, 4.69) is 10.3 Å². The normalized spacial score (nSPS) is 11.2. The molecule has 1 aromatic carbocycles. The summed E-state index contributed by atoms with van der Waals surface area (Å²) < 4.78 is 7.08. The lowest BCUT2D eigenvalue weighted by Crippen LogP contribution is -2.14. The summed E-state index contributed by atoms with van der Waals surface area (Å²) in [6.07, 6.45) is 3.73. The molecule has 1 N–H and O–H groups in total. The molecule has 0 saturated carbocycles. The highest BCUT2D eigenvalue weighted by atomic mass is 16.4. The summed E-state index contributed by atoms with van der Waals surface area (Å²) in [7, 11) is 0. The molecule has 3 aromatic heterocycles. The summed E-state index contributed by atoms with van der Waals surface area (Å²) in [6, 6.07) is 8.60. The van der Waals surface area contributed by atoms with Crippen LogP contribution in [0, 0.1) is 20.8 Å². The minimum atomic E-state index is -0.382. The molecule has 0 unspecified atom stereocenters. The Morgan fingerprint density at radius 3 is 2.77 bits per heavy atom. The van der Waals surface area contributed by atoms with Crippen LogP contribution in [0.4, 0.5) is 5.69 Å². The Hall–Kier alpha value is -3.41. The highest BCUT2D eigenvalue weighted by Crippen LogP contribution is 2.25. The van der Waals surface area contributed by atoms with Crippen LogP contribution in [0.5, 0.6) is 0 Å². The van der Waals surface area contributed by atoms with Gasteiger partial charge in [-0.2, -0.15) is 0 Å². The molecule has 130 valence electrons. The molecule has 4 rings (SSSR count). The maximum atomic E-state index is 12.8. The molecular formula is C20H17N3O3. The van der Waals surface area contributed by atoms with E-state index in [1.54, 1.807) is 12.1 Å². The van der Waals surface area contributed by atoms with Gasteiger partial charge in [-0.05, 0) is 56.2 Å². The largest absolute Gasteiger partial charge is 0.423 e. The van der Waals surface area contributed by atoms with Gasteiger partial charge >= 0.3 is 5.63 Å². The van der Waals surface area contributed by atoms with Crippen LogP contribution in [-0.4, -0.2) is 15.3 Å². The van der Waals surface area contributed by atoms with Gasteiger partial charge in [-0.1, -0.05) is 0 Å². The Morgan fingerprint density at radius 2 is 1.96 bits per heavy atom. The average molecular weight is 347 g/mol. The van der Waals surface area contributed by atoms with Crippen molar-refractivity contribution in [2.45, 2.75) is 20.8 Å². The Balaban J connectivity index is 1.77. The van der Waals surface area contributed by atoms with E-state index in [1.807, 2.05) is 49.7 Å². The molecule has 0 saturated heterocycles. The van der Waals surface area contributed by atoms with Crippen molar-refractivity contribution in [3.63, 3.8) is 0 Å². The summed E-state index contributed by atoms with van der Waals surface area (Å²) in [6.45, 7) is 5.59. The molecule has 0 fully saturated rings. The van der Waals surface area contributed by atoms with E-state index in [0.29, 0.717) is 22.5 Å². The number of carbonyl (C=O) groups excluding carboxylic acids is 1. The lowest BCUT2D eigenvalue weighted by atomic mass is 10.1. The van der Waals surface area contributed by atoms with Gasteiger partial charge in [-0.3, -0.25) is 4.79 Å². The van der Waals surface area contributed by atoms with Gasteiger partial charge in [0.25, 0.3) is 5.91 Å². The number of nitrogens with zero attached hydrogens (tertiary/aromatic N) is 2. The van der Waals surface area contributed by atoms with E-state index in [-0.39, 0.29) is 11.5 Å². The van der Waals surface area contributed by atoms with Crippen molar-refractivity contribution >= 4 is 28.2 Å². The molecule has 6 nitrogen and oxygen atoms in total. The van der Waals surface area contributed by atoms with Gasteiger partial charge < -0.3 is 14.1 Å². The van der Waals surface area contributed by atoms with E-state index < -0.39 is 0 Å². The average Bonchev–Trinajstić information content (AvgIpc) is 2.95. The highest BCUT2D eigenvalue weighted by molar-refractivity contribution is 6.09. The van der Waals surface area contributed by atoms with Crippen molar-refractivity contribution in [3.8, 4) is 0 Å². The summed E-state index contributed by atoms with van der Waals surface area (Å²) in [4.78, 5) is 28.8. The van der Waals surface area contributed by atoms with Gasteiger partial charge in [0.15, 0.2) is 0 Å². The Kier molecular flexibility index (Phi) is 3.61. The molecule has 0 aliphatic heterocycles. The molecule has 0 spiro atoms. The smallest absolute Gasteiger partial charge is 0.336 e. The third kappa shape index (κ3) is 2.65. The molecular weight excluding hydrogens is 330 g/mol. The summed E-state index contributed by atoms with van der Waals surface area (Å²) in [5, 5.41) is 3.74. The number of hydrogen-bond donors (Lipinski definition) is 1. The zero-order chi connectivity index (χ0) is 18.4. The third-order valence-electron chi connectivity index (χ3n) is 4.39. The predicted octanol–water partition coefficient (Wildman–Crippen LogP) is 3.62. The molecule has 6 heteroatoms. The topological polar surface area (TPSA) is 76.6 Å². The van der Waals surface area contributed by atoms with Crippen LogP contribution in [0.3, 0.4) is 0 Å². The first kappa shape index (κ1) is 16.1. The van der Waals surface area contributed by atoms with Crippen molar-refractivity contribution in [3.05, 3.63) is 75.5 Å². The minimum Gasteiger partial charge on any atom is -0.423 e. The monoisotopic (exact) mass is 347 g/mol. The number of benzene rings is 1. The number of aromatic nitrogens is 2. The molecule has 0 bridgehead atoms. The van der Waals surface area contributed by atoms with Gasteiger partial charge in [-0.25, -0.2) is 9.78 Å². The minimum absolute atomic E-state index is 0.237. The van der Waals surface area contributed by atoms with Crippen molar-refractivity contribution < 1.29 is 9.21 Å². The number of fused-ring (bicyclic) bond motifs is 2. The summed E-state index contributed by atoms with van der Waals surface area (Å²) in [5.74, 6) is -0.237. The standard InChI is InChI=1S/C20H17N3O3/c1-11-8-18(24)26-17-7-12(2)16(9-15(11)17)22-20(25)14-5-4-6-23-10-13(3)21-19(14)23/h4-10H,1-3H3,(H,22,25). The number of nitrogens with one attached hydrogen (secondary N) is 1. The number of aryl methyl sites for hydroxylation is 3. The number of anilines is 1. The molecule has 1 amide bonds. The van der Waals surface area contributed by atoms with E-state index in [9.17, 15) is 9.59 Å². The molecule has 0 aliphatic carbocycles. The Morgan fingerprint density at radius 1 is 1.15 bits per heavy atom. The Labute approximate surface area is 149 Å². The quantitative estimate of drug-likeness (QED) is 0.562. The van der Waals surface area contributed by atoms with Crippen LogP contribution in [0.2, 0.25) is 0 Å². The number of imidazole rings is 1. The fourth-order valence-corrected chi connectivity index (χ4v) is 3.10. The lowest BCUT2D eigenvalue weighted by Gasteiger charge is -2.11. The van der Waals surface area contributed by atoms with Crippen LogP contribution in [-0.2, 0) is 0 Å². The maximum Gasteiger partial charge on any atom is 0.336 e. The number of carbonyl (C=O) groups is 1. The number of hydrogen-bond acceptors (Lipinski definition) is 4. The second-order valence-corrected chi connectivity index (χ2v) is 6.40. The number of rotatable bonds is 2. The first-order valence-electron chi connectivity index (χ1n) is 8.23. The van der Waals surface area contributed by atoms with Crippen LogP contribution in [0.1, 0.15) is 27.2 Å². The fourth-order valence-electron chi connectivity index (χ4n) is 3.10. The molecule has 0 atom stereocenters. The molecule has 26 heavy (non-hydrogen) atoms. The van der Waals surface area contributed by atoms with Gasteiger partial charge in [-0.15, -0.1) is 0 Å². The van der Waals surface area contributed by atoms with Gasteiger partial charge in [0.05, 0.1) is 11.3 Å². The highest BCUT2D eigenvalue weighted by Gasteiger charge is 2.15. The Bertz CT molecular complexity index is 1230. The van der Waals surface area contributed by atoms with Crippen LogP contribution < -0.4 is 10.9 Å². The second-order valence-electron chi connectivity index (χ2n) is 6.40. The lowest BCUT2D eigenvalue weighted by molar-refractivity contribution is 0.102. The molecule has 3 heterocycles. The summed E-state index contributed by atoms with van der Waals surface area (Å²) >= 11 is 0. The number of amides is 1. The molecule has 0 aliphatic rings. The first-order valence-corrected chi connectivity index (χ1v) is 8.23. The van der Waals surface area contributed by atoms with Crippen molar-refractivity contribution in [2.75, 3.05) is 5.32 Å². The van der Waals surface area contributed by atoms with Crippen molar-refractivity contribution in [1.29, 1.82) is 0 Å².